The Hall–Kier alpha value is -1.55. The summed E-state index contributed by atoms with van der Waals surface area (Å²) < 4.78 is 5.62. The second kappa shape index (κ2) is 5.87. The van der Waals surface area contributed by atoms with Gasteiger partial charge in [-0.3, -0.25) is 4.79 Å². The molecule has 1 heterocycles. The lowest BCUT2D eigenvalue weighted by atomic mass is 10.0. The third-order valence-electron chi connectivity index (χ3n) is 3.02. The summed E-state index contributed by atoms with van der Waals surface area (Å²) in [6.45, 7) is 6.75. The van der Waals surface area contributed by atoms with E-state index in [1.54, 1.807) is 0 Å². The Balaban J connectivity index is 1.69. The summed E-state index contributed by atoms with van der Waals surface area (Å²) in [5.74, 6) is 1.14. The second-order valence-corrected chi connectivity index (χ2v) is 4.82. The minimum atomic E-state index is 0.123. The Morgan fingerprint density at radius 1 is 1.33 bits per heavy atom. The number of carbonyl (C=O) groups excluding carboxylic acids is 1. The zero-order valence-electron chi connectivity index (χ0n) is 11.0. The molecule has 0 aliphatic carbocycles. The number of ether oxygens (including phenoxy) is 1. The highest BCUT2D eigenvalue weighted by atomic mass is 16.5. The van der Waals surface area contributed by atoms with Crippen LogP contribution in [-0.4, -0.2) is 32.1 Å². The molecule has 0 radical (unpaired) electrons. The van der Waals surface area contributed by atoms with Crippen LogP contribution in [0.3, 0.4) is 0 Å². The average Bonchev–Trinajstić information content (AvgIpc) is 2.20. The predicted molar refractivity (Wildman–Crippen MR) is 70.8 cm³/mol. The van der Waals surface area contributed by atoms with Crippen LogP contribution >= 0.6 is 0 Å². The number of rotatable bonds is 5. The third kappa shape index (κ3) is 3.47. The molecule has 0 atom stereocenters. The Morgan fingerprint density at radius 3 is 2.56 bits per heavy atom. The van der Waals surface area contributed by atoms with Gasteiger partial charge >= 0.3 is 0 Å². The molecule has 2 rings (SSSR count). The van der Waals surface area contributed by atoms with Crippen LogP contribution < -0.4 is 15.4 Å². The summed E-state index contributed by atoms with van der Waals surface area (Å²) in [5.41, 5.74) is 2.38. The molecule has 1 amide bonds. The van der Waals surface area contributed by atoms with E-state index in [4.69, 9.17) is 4.74 Å². The van der Waals surface area contributed by atoms with E-state index in [2.05, 4.69) is 16.7 Å². The Kier molecular flexibility index (Phi) is 4.20. The highest BCUT2D eigenvalue weighted by molar-refractivity contribution is 5.79. The van der Waals surface area contributed by atoms with Gasteiger partial charge in [0.15, 0.2) is 0 Å². The standard InChI is InChI=1S/C14H20N2O2/c1-10-5-11(2)7-13(6-10)18-4-3-16-14(17)12-8-15-9-12/h5-7,12,15H,3-4,8-9H2,1-2H3,(H,16,17). The lowest BCUT2D eigenvalue weighted by molar-refractivity contribution is -0.126. The summed E-state index contributed by atoms with van der Waals surface area (Å²) >= 11 is 0. The largest absolute Gasteiger partial charge is 0.492 e. The van der Waals surface area contributed by atoms with Crippen molar-refractivity contribution in [3.8, 4) is 5.75 Å². The van der Waals surface area contributed by atoms with Gasteiger partial charge in [0.05, 0.1) is 12.5 Å². The lowest BCUT2D eigenvalue weighted by Gasteiger charge is -2.25. The number of hydrogen-bond donors (Lipinski definition) is 2. The molecule has 1 aromatic rings. The van der Waals surface area contributed by atoms with Crippen molar-refractivity contribution in [3.63, 3.8) is 0 Å². The van der Waals surface area contributed by atoms with E-state index in [0.29, 0.717) is 13.2 Å². The quantitative estimate of drug-likeness (QED) is 0.765. The van der Waals surface area contributed by atoms with Crippen molar-refractivity contribution >= 4 is 5.91 Å². The number of nitrogens with one attached hydrogen (secondary N) is 2. The third-order valence-corrected chi connectivity index (χ3v) is 3.02. The first kappa shape index (κ1) is 12.9. The summed E-state index contributed by atoms with van der Waals surface area (Å²) in [4.78, 5) is 11.5. The lowest BCUT2D eigenvalue weighted by Crippen LogP contribution is -2.51. The molecule has 1 aliphatic heterocycles. The van der Waals surface area contributed by atoms with Crippen molar-refractivity contribution in [1.82, 2.24) is 10.6 Å². The van der Waals surface area contributed by atoms with Crippen molar-refractivity contribution in [2.45, 2.75) is 13.8 Å². The van der Waals surface area contributed by atoms with Crippen molar-refractivity contribution in [2.24, 2.45) is 5.92 Å². The predicted octanol–water partition coefficient (Wildman–Crippen LogP) is 1.02. The van der Waals surface area contributed by atoms with Gasteiger partial charge in [0, 0.05) is 13.1 Å². The summed E-state index contributed by atoms with van der Waals surface area (Å²) in [5, 5.41) is 5.96. The van der Waals surface area contributed by atoms with Crippen LogP contribution in [0.2, 0.25) is 0 Å². The molecule has 0 aromatic heterocycles. The van der Waals surface area contributed by atoms with Crippen LogP contribution in [0.4, 0.5) is 0 Å². The van der Waals surface area contributed by atoms with Crippen LogP contribution in [0, 0.1) is 19.8 Å². The molecule has 1 saturated heterocycles. The van der Waals surface area contributed by atoms with E-state index in [1.807, 2.05) is 26.0 Å². The first-order valence-corrected chi connectivity index (χ1v) is 6.34. The molecule has 1 fully saturated rings. The molecule has 0 spiro atoms. The molecular weight excluding hydrogens is 228 g/mol. The van der Waals surface area contributed by atoms with Crippen molar-refractivity contribution in [1.29, 1.82) is 0 Å². The summed E-state index contributed by atoms with van der Waals surface area (Å²) in [6.07, 6.45) is 0. The maximum Gasteiger partial charge on any atom is 0.225 e. The van der Waals surface area contributed by atoms with Crippen molar-refractivity contribution in [3.05, 3.63) is 29.3 Å². The first-order chi connectivity index (χ1) is 8.65. The van der Waals surface area contributed by atoms with Gasteiger partial charge in [0.25, 0.3) is 0 Å². The molecule has 0 bridgehead atoms. The smallest absolute Gasteiger partial charge is 0.225 e. The Labute approximate surface area is 108 Å². The summed E-state index contributed by atoms with van der Waals surface area (Å²) in [7, 11) is 0. The van der Waals surface area contributed by atoms with Gasteiger partial charge in [-0.15, -0.1) is 0 Å². The van der Waals surface area contributed by atoms with Crippen LogP contribution in [0.15, 0.2) is 18.2 Å². The number of benzene rings is 1. The molecule has 0 saturated carbocycles. The molecule has 1 aliphatic rings. The SMILES string of the molecule is Cc1cc(C)cc(OCCNC(=O)C2CNC2)c1. The fourth-order valence-corrected chi connectivity index (χ4v) is 1.98. The average molecular weight is 248 g/mol. The number of carbonyl (C=O) groups is 1. The molecule has 98 valence electrons. The van der Waals surface area contributed by atoms with Crippen LogP contribution in [-0.2, 0) is 4.79 Å². The Bertz CT molecular complexity index is 408. The molecule has 1 aromatic carbocycles. The van der Waals surface area contributed by atoms with Gasteiger partial charge in [-0.1, -0.05) is 6.07 Å². The maximum absolute atomic E-state index is 11.5. The van der Waals surface area contributed by atoms with E-state index in [1.165, 1.54) is 11.1 Å². The zero-order valence-corrected chi connectivity index (χ0v) is 11.0. The molecule has 18 heavy (non-hydrogen) atoms. The van der Waals surface area contributed by atoms with Crippen LogP contribution in [0.1, 0.15) is 11.1 Å². The maximum atomic E-state index is 11.5. The number of hydrogen-bond acceptors (Lipinski definition) is 3. The monoisotopic (exact) mass is 248 g/mol. The second-order valence-electron chi connectivity index (χ2n) is 4.82. The highest BCUT2D eigenvalue weighted by Crippen LogP contribution is 2.15. The fraction of sp³-hybridized carbons (Fsp3) is 0.500. The van der Waals surface area contributed by atoms with E-state index in [-0.39, 0.29) is 11.8 Å². The number of amides is 1. The highest BCUT2D eigenvalue weighted by Gasteiger charge is 2.24. The van der Waals surface area contributed by atoms with E-state index in [9.17, 15) is 4.79 Å². The van der Waals surface area contributed by atoms with Crippen molar-refractivity contribution in [2.75, 3.05) is 26.2 Å². The van der Waals surface area contributed by atoms with Gasteiger partial charge in [0.1, 0.15) is 12.4 Å². The first-order valence-electron chi connectivity index (χ1n) is 6.34. The Morgan fingerprint density at radius 2 is 2.00 bits per heavy atom. The normalized spacial score (nSPS) is 15.0. The number of aryl methyl sites for hydroxylation is 2. The van der Waals surface area contributed by atoms with Gasteiger partial charge in [-0.25, -0.2) is 0 Å². The summed E-state index contributed by atoms with van der Waals surface area (Å²) in [6, 6.07) is 6.12. The van der Waals surface area contributed by atoms with Crippen molar-refractivity contribution < 1.29 is 9.53 Å². The molecular formula is C14H20N2O2. The molecule has 4 heteroatoms. The molecule has 4 nitrogen and oxygen atoms in total. The van der Waals surface area contributed by atoms with Gasteiger partial charge in [-0.2, -0.15) is 0 Å². The topological polar surface area (TPSA) is 50.4 Å². The van der Waals surface area contributed by atoms with Crippen LogP contribution in [0.5, 0.6) is 5.75 Å². The zero-order chi connectivity index (χ0) is 13.0. The minimum absolute atomic E-state index is 0.123. The van der Waals surface area contributed by atoms with Gasteiger partial charge < -0.3 is 15.4 Å². The molecule has 2 N–H and O–H groups in total. The van der Waals surface area contributed by atoms with Gasteiger partial charge in [0.2, 0.25) is 5.91 Å². The van der Waals surface area contributed by atoms with E-state index in [0.717, 1.165) is 18.8 Å². The molecule has 0 unspecified atom stereocenters. The fourth-order valence-electron chi connectivity index (χ4n) is 1.98. The van der Waals surface area contributed by atoms with Crippen LogP contribution in [0.25, 0.3) is 0 Å². The van der Waals surface area contributed by atoms with Gasteiger partial charge in [-0.05, 0) is 37.1 Å². The van der Waals surface area contributed by atoms with E-state index < -0.39 is 0 Å². The minimum Gasteiger partial charge on any atom is -0.492 e. The van der Waals surface area contributed by atoms with E-state index >= 15 is 0 Å².